The van der Waals surface area contributed by atoms with E-state index in [1.807, 2.05) is 6.33 Å². The van der Waals surface area contributed by atoms with Crippen molar-refractivity contribution in [1.29, 1.82) is 0 Å². The van der Waals surface area contributed by atoms with Crippen LogP contribution >= 0.6 is 0 Å². The first kappa shape index (κ1) is 12.3. The Hall–Kier alpha value is -1.70. The number of aromatic nitrogens is 2. The highest BCUT2D eigenvalue weighted by Crippen LogP contribution is 2.37. The van der Waals surface area contributed by atoms with Gasteiger partial charge in [0.15, 0.2) is 0 Å². The lowest BCUT2D eigenvalue weighted by atomic mass is 9.92. The normalized spacial score (nSPS) is 15.9. The zero-order chi connectivity index (χ0) is 13.2. The third-order valence-electron chi connectivity index (χ3n) is 4.27. The number of benzene rings is 1. The molecule has 98 valence electrons. The highest BCUT2D eigenvalue weighted by molar-refractivity contribution is 5.64. The lowest BCUT2D eigenvalue weighted by Gasteiger charge is -2.14. The zero-order valence-electron chi connectivity index (χ0n) is 11.8. The highest BCUT2D eigenvalue weighted by atomic mass is 15.0. The van der Waals surface area contributed by atoms with E-state index in [1.54, 1.807) is 0 Å². The van der Waals surface area contributed by atoms with E-state index in [4.69, 9.17) is 0 Å². The maximum absolute atomic E-state index is 4.41. The largest absolute Gasteiger partial charge is 0.286 e. The fourth-order valence-electron chi connectivity index (χ4n) is 3.26. The fourth-order valence-corrected chi connectivity index (χ4v) is 3.26. The van der Waals surface area contributed by atoms with Crippen LogP contribution in [-0.2, 0) is 7.05 Å². The van der Waals surface area contributed by atoms with Gasteiger partial charge in [0.2, 0.25) is 0 Å². The van der Waals surface area contributed by atoms with Crippen molar-refractivity contribution < 1.29 is 4.57 Å². The molecular weight excluding hydrogens is 232 g/mol. The summed E-state index contributed by atoms with van der Waals surface area (Å²) in [4.78, 5) is 4.41. The molecule has 1 fully saturated rings. The Morgan fingerprint density at radius 3 is 2.63 bits per heavy atom. The molecule has 1 aliphatic rings. The molecule has 0 radical (unpaired) electrons. The van der Waals surface area contributed by atoms with Crippen LogP contribution in [0.3, 0.4) is 0 Å². The Morgan fingerprint density at radius 2 is 1.89 bits per heavy atom. The van der Waals surface area contributed by atoms with Gasteiger partial charge in [0.25, 0.3) is 6.33 Å². The molecule has 0 unspecified atom stereocenters. The van der Waals surface area contributed by atoms with Crippen molar-refractivity contribution in [2.45, 2.75) is 38.5 Å². The van der Waals surface area contributed by atoms with Crippen molar-refractivity contribution in [1.82, 2.24) is 4.98 Å². The molecular formula is C17H21N2+. The number of nitrogens with zero attached hydrogens (tertiary/aromatic N) is 2. The maximum atomic E-state index is 4.41. The molecule has 0 bridgehead atoms. The smallest absolute Gasteiger partial charge is 0.232 e. The molecule has 0 N–H and O–H groups in total. The first-order chi connectivity index (χ1) is 9.27. The van der Waals surface area contributed by atoms with Crippen molar-refractivity contribution >= 4 is 0 Å². The standard InChI is InChI=1S/C17H21N2/c1-13-7-3-6-10-15(13)17-16(11-18-12-19(17)2)14-8-4-5-9-14/h3,6-7,10-12,14H,4-5,8-9H2,1-2H3/q+1. The summed E-state index contributed by atoms with van der Waals surface area (Å²) in [5, 5.41) is 0. The van der Waals surface area contributed by atoms with Gasteiger partial charge in [0, 0.05) is 11.1 Å². The van der Waals surface area contributed by atoms with Crippen LogP contribution in [0.4, 0.5) is 0 Å². The van der Waals surface area contributed by atoms with E-state index < -0.39 is 0 Å². The quantitative estimate of drug-likeness (QED) is 0.748. The van der Waals surface area contributed by atoms with E-state index in [1.165, 1.54) is 48.1 Å². The lowest BCUT2D eigenvalue weighted by Crippen LogP contribution is -2.33. The van der Waals surface area contributed by atoms with Gasteiger partial charge in [0.1, 0.15) is 11.9 Å². The first-order valence-corrected chi connectivity index (χ1v) is 7.17. The van der Waals surface area contributed by atoms with E-state index in [0.29, 0.717) is 5.92 Å². The zero-order valence-corrected chi connectivity index (χ0v) is 11.8. The van der Waals surface area contributed by atoms with E-state index in [2.05, 4.69) is 54.0 Å². The van der Waals surface area contributed by atoms with Crippen LogP contribution in [0, 0.1) is 6.92 Å². The minimum Gasteiger partial charge on any atom is -0.232 e. The van der Waals surface area contributed by atoms with Gasteiger partial charge in [0.05, 0.1) is 7.05 Å². The molecule has 0 saturated heterocycles. The average Bonchev–Trinajstić information content (AvgIpc) is 2.93. The summed E-state index contributed by atoms with van der Waals surface area (Å²) in [6, 6.07) is 8.65. The summed E-state index contributed by atoms with van der Waals surface area (Å²) in [7, 11) is 2.10. The van der Waals surface area contributed by atoms with Crippen LogP contribution in [0.1, 0.15) is 42.7 Å². The lowest BCUT2D eigenvalue weighted by molar-refractivity contribution is -0.663. The third-order valence-corrected chi connectivity index (χ3v) is 4.27. The van der Waals surface area contributed by atoms with Crippen molar-refractivity contribution in [3.8, 4) is 11.3 Å². The number of rotatable bonds is 2. The molecule has 2 aromatic rings. The molecule has 19 heavy (non-hydrogen) atoms. The second-order valence-corrected chi connectivity index (χ2v) is 5.60. The van der Waals surface area contributed by atoms with Crippen molar-refractivity contribution in [3.05, 3.63) is 47.9 Å². The van der Waals surface area contributed by atoms with E-state index in [9.17, 15) is 0 Å². The van der Waals surface area contributed by atoms with Crippen molar-refractivity contribution in [2.75, 3.05) is 0 Å². The predicted octanol–water partition coefficient (Wildman–Crippen LogP) is 3.54. The van der Waals surface area contributed by atoms with Gasteiger partial charge in [-0.25, -0.2) is 4.57 Å². The van der Waals surface area contributed by atoms with Gasteiger partial charge in [-0.1, -0.05) is 42.1 Å². The second-order valence-electron chi connectivity index (χ2n) is 5.60. The predicted molar refractivity (Wildman–Crippen MR) is 76.8 cm³/mol. The number of hydrogen-bond donors (Lipinski definition) is 0. The molecule has 1 aliphatic carbocycles. The molecule has 3 rings (SSSR count). The fraction of sp³-hybridized carbons (Fsp3) is 0.412. The van der Waals surface area contributed by atoms with E-state index in [0.717, 1.165) is 0 Å². The molecule has 2 heteroatoms. The van der Waals surface area contributed by atoms with E-state index in [-0.39, 0.29) is 0 Å². The van der Waals surface area contributed by atoms with Gasteiger partial charge < -0.3 is 0 Å². The van der Waals surface area contributed by atoms with Crippen LogP contribution in [0.15, 0.2) is 36.8 Å². The SMILES string of the molecule is Cc1ccccc1-c1c(C2CCCC2)cnc[n+]1C. The van der Waals surface area contributed by atoms with Gasteiger partial charge in [-0.2, -0.15) is 0 Å². The van der Waals surface area contributed by atoms with Gasteiger partial charge in [-0.3, -0.25) is 0 Å². The average molecular weight is 253 g/mol. The number of aryl methyl sites for hydroxylation is 2. The molecule has 0 atom stereocenters. The number of hydrogen-bond acceptors (Lipinski definition) is 1. The van der Waals surface area contributed by atoms with Gasteiger partial charge in [-0.15, -0.1) is 0 Å². The molecule has 1 aromatic heterocycles. The minimum atomic E-state index is 0.689. The maximum Gasteiger partial charge on any atom is 0.286 e. The third kappa shape index (κ3) is 2.27. The van der Waals surface area contributed by atoms with Crippen LogP contribution in [0.2, 0.25) is 0 Å². The van der Waals surface area contributed by atoms with Crippen LogP contribution in [0.5, 0.6) is 0 Å². The monoisotopic (exact) mass is 253 g/mol. The molecule has 1 aromatic carbocycles. The molecule has 2 nitrogen and oxygen atoms in total. The Labute approximate surface area is 115 Å². The Kier molecular flexibility index (Phi) is 3.33. The minimum absolute atomic E-state index is 0.689. The van der Waals surface area contributed by atoms with Crippen LogP contribution < -0.4 is 4.57 Å². The summed E-state index contributed by atoms with van der Waals surface area (Å²) in [6.07, 6.45) is 9.33. The Morgan fingerprint density at radius 1 is 1.16 bits per heavy atom. The van der Waals surface area contributed by atoms with Gasteiger partial charge in [-0.05, 0) is 31.2 Å². The molecule has 0 amide bonds. The topological polar surface area (TPSA) is 16.8 Å². The summed E-state index contributed by atoms with van der Waals surface area (Å²) in [5.74, 6) is 0.689. The van der Waals surface area contributed by atoms with Crippen molar-refractivity contribution in [2.24, 2.45) is 7.05 Å². The van der Waals surface area contributed by atoms with E-state index >= 15 is 0 Å². The van der Waals surface area contributed by atoms with Crippen molar-refractivity contribution in [3.63, 3.8) is 0 Å². The molecule has 0 spiro atoms. The molecule has 1 heterocycles. The Bertz CT molecular complexity index is 584. The summed E-state index contributed by atoms with van der Waals surface area (Å²) >= 11 is 0. The Balaban J connectivity index is 2.16. The summed E-state index contributed by atoms with van der Waals surface area (Å²) < 4.78 is 2.18. The second kappa shape index (κ2) is 5.12. The molecule has 1 saturated carbocycles. The van der Waals surface area contributed by atoms with Crippen LogP contribution in [0.25, 0.3) is 11.3 Å². The highest BCUT2D eigenvalue weighted by Gasteiger charge is 2.25. The summed E-state index contributed by atoms with van der Waals surface area (Å²) in [5.41, 5.74) is 5.45. The van der Waals surface area contributed by atoms with Crippen LogP contribution in [-0.4, -0.2) is 4.98 Å². The summed E-state index contributed by atoms with van der Waals surface area (Å²) in [6.45, 7) is 2.19. The first-order valence-electron chi connectivity index (χ1n) is 7.17. The van der Waals surface area contributed by atoms with Gasteiger partial charge >= 0.3 is 0 Å². The molecule has 0 aliphatic heterocycles.